The Kier molecular flexibility index (Phi) is 4.39. The number of benzene rings is 2. The second-order valence-corrected chi connectivity index (χ2v) is 5.58. The van der Waals surface area contributed by atoms with Crippen LogP contribution in [0.2, 0.25) is 0 Å². The highest BCUT2D eigenvalue weighted by molar-refractivity contribution is 5.91. The number of carbonyl (C=O) groups excluding carboxylic acids is 1. The lowest BCUT2D eigenvalue weighted by Crippen LogP contribution is -2.18. The second kappa shape index (κ2) is 6.62. The molecular formula is C18H20N2O2. The van der Waals surface area contributed by atoms with Gasteiger partial charge < -0.3 is 15.7 Å². The summed E-state index contributed by atoms with van der Waals surface area (Å²) in [5.74, 6) is -0.403. The summed E-state index contributed by atoms with van der Waals surface area (Å²) < 4.78 is 0. The van der Waals surface area contributed by atoms with Crippen LogP contribution < -0.4 is 10.6 Å². The molecule has 22 heavy (non-hydrogen) atoms. The lowest BCUT2D eigenvalue weighted by atomic mass is 9.87. The Balaban J connectivity index is 1.77. The highest BCUT2D eigenvalue weighted by atomic mass is 16.3. The van der Waals surface area contributed by atoms with Gasteiger partial charge >= 0.3 is 0 Å². The summed E-state index contributed by atoms with van der Waals surface area (Å²) in [5.41, 5.74) is 4.43. The first-order chi connectivity index (χ1) is 10.8. The van der Waals surface area contributed by atoms with E-state index >= 15 is 0 Å². The number of fused-ring (bicyclic) bond motifs is 1. The van der Waals surface area contributed by atoms with E-state index < -0.39 is 12.5 Å². The van der Waals surface area contributed by atoms with Crippen molar-refractivity contribution in [2.24, 2.45) is 0 Å². The molecule has 1 aliphatic rings. The number of anilines is 2. The van der Waals surface area contributed by atoms with Crippen LogP contribution in [0.25, 0.3) is 0 Å². The lowest BCUT2D eigenvalue weighted by molar-refractivity contribution is -0.118. The van der Waals surface area contributed by atoms with Crippen LogP contribution in [0.3, 0.4) is 0 Å². The number of hydrogen-bond donors (Lipinski definition) is 3. The molecular weight excluding hydrogens is 276 g/mol. The monoisotopic (exact) mass is 296 g/mol. The maximum atomic E-state index is 11.3. The fourth-order valence-corrected chi connectivity index (χ4v) is 2.99. The summed E-state index contributed by atoms with van der Waals surface area (Å²) in [6.07, 6.45) is 3.42. The van der Waals surface area contributed by atoms with Gasteiger partial charge in [0.2, 0.25) is 5.91 Å². The molecule has 1 unspecified atom stereocenters. The van der Waals surface area contributed by atoms with E-state index in [-0.39, 0.29) is 0 Å². The Labute approximate surface area is 130 Å². The number of aryl methyl sites for hydroxylation is 1. The lowest BCUT2D eigenvalue weighted by Gasteiger charge is -2.27. The highest BCUT2D eigenvalue weighted by Gasteiger charge is 2.19. The zero-order chi connectivity index (χ0) is 15.4. The molecule has 0 spiro atoms. The molecule has 0 radical (unpaired) electrons. The average molecular weight is 296 g/mol. The molecule has 0 saturated heterocycles. The predicted octanol–water partition coefficient (Wildman–Crippen LogP) is 3.11. The summed E-state index contributed by atoms with van der Waals surface area (Å²) in [4.78, 5) is 11.3. The smallest absolute Gasteiger partial charge is 0.250 e. The van der Waals surface area contributed by atoms with E-state index in [4.69, 9.17) is 5.11 Å². The van der Waals surface area contributed by atoms with Crippen LogP contribution in [0.4, 0.5) is 11.4 Å². The van der Waals surface area contributed by atoms with Crippen molar-refractivity contribution in [2.75, 3.05) is 17.2 Å². The van der Waals surface area contributed by atoms with E-state index in [0.29, 0.717) is 11.7 Å². The third-order valence-corrected chi connectivity index (χ3v) is 4.00. The van der Waals surface area contributed by atoms with Crippen LogP contribution in [-0.2, 0) is 11.2 Å². The maximum Gasteiger partial charge on any atom is 0.250 e. The van der Waals surface area contributed by atoms with Crippen LogP contribution in [-0.4, -0.2) is 17.6 Å². The highest BCUT2D eigenvalue weighted by Crippen LogP contribution is 2.32. The van der Waals surface area contributed by atoms with Gasteiger partial charge in [0.15, 0.2) is 0 Å². The maximum absolute atomic E-state index is 11.3. The minimum atomic E-state index is -0.506. The third-order valence-electron chi connectivity index (χ3n) is 4.00. The first-order valence-corrected chi connectivity index (χ1v) is 7.61. The van der Waals surface area contributed by atoms with Crippen molar-refractivity contribution >= 4 is 17.3 Å². The molecule has 0 saturated carbocycles. The van der Waals surface area contributed by atoms with Crippen molar-refractivity contribution in [1.82, 2.24) is 0 Å². The molecule has 4 heteroatoms. The van der Waals surface area contributed by atoms with Crippen LogP contribution in [0, 0.1) is 0 Å². The van der Waals surface area contributed by atoms with E-state index in [2.05, 4.69) is 34.9 Å². The SMILES string of the molecule is O=C(CO)Nc1cccc(NC2CCCc3ccccc32)c1. The summed E-state index contributed by atoms with van der Waals surface area (Å²) in [6.45, 7) is -0.506. The predicted molar refractivity (Wildman–Crippen MR) is 87.9 cm³/mol. The van der Waals surface area contributed by atoms with E-state index in [1.54, 1.807) is 0 Å². The number of aliphatic hydroxyl groups is 1. The van der Waals surface area contributed by atoms with Gasteiger partial charge in [0.25, 0.3) is 0 Å². The standard InChI is InChI=1S/C18H20N2O2/c21-12-18(22)20-15-8-4-7-14(11-15)19-17-10-3-6-13-5-1-2-9-16(13)17/h1-2,4-5,7-9,11,17,19,21H,3,6,10,12H2,(H,20,22). The molecule has 0 aromatic heterocycles. The van der Waals surface area contributed by atoms with E-state index in [9.17, 15) is 4.79 Å². The number of aliphatic hydroxyl groups excluding tert-OH is 1. The fraction of sp³-hybridized carbons (Fsp3) is 0.278. The van der Waals surface area contributed by atoms with Gasteiger partial charge in [-0.05, 0) is 48.6 Å². The number of amides is 1. The second-order valence-electron chi connectivity index (χ2n) is 5.58. The minimum Gasteiger partial charge on any atom is -0.387 e. The zero-order valence-electron chi connectivity index (χ0n) is 12.4. The van der Waals surface area contributed by atoms with Gasteiger partial charge in [-0.2, -0.15) is 0 Å². The Bertz CT molecular complexity index is 670. The van der Waals surface area contributed by atoms with Gasteiger partial charge in [-0.1, -0.05) is 30.3 Å². The van der Waals surface area contributed by atoms with Gasteiger partial charge in [0.1, 0.15) is 6.61 Å². The van der Waals surface area contributed by atoms with Crippen LogP contribution in [0.1, 0.15) is 30.0 Å². The van der Waals surface area contributed by atoms with Gasteiger partial charge in [0.05, 0.1) is 6.04 Å². The van der Waals surface area contributed by atoms with Gasteiger partial charge in [-0.25, -0.2) is 0 Å². The molecule has 0 heterocycles. The van der Waals surface area contributed by atoms with Gasteiger partial charge in [0, 0.05) is 11.4 Å². The summed E-state index contributed by atoms with van der Waals surface area (Å²) in [6, 6.07) is 16.4. The molecule has 4 nitrogen and oxygen atoms in total. The molecule has 3 rings (SSSR count). The third kappa shape index (κ3) is 3.28. The fourth-order valence-electron chi connectivity index (χ4n) is 2.99. The summed E-state index contributed by atoms with van der Waals surface area (Å²) in [7, 11) is 0. The Morgan fingerprint density at radius 3 is 2.82 bits per heavy atom. The Morgan fingerprint density at radius 1 is 1.14 bits per heavy atom. The zero-order valence-corrected chi connectivity index (χ0v) is 12.4. The van der Waals surface area contributed by atoms with Crippen molar-refractivity contribution in [2.45, 2.75) is 25.3 Å². The van der Waals surface area contributed by atoms with Crippen LogP contribution >= 0.6 is 0 Å². The van der Waals surface area contributed by atoms with E-state index in [1.807, 2.05) is 24.3 Å². The number of nitrogens with one attached hydrogen (secondary N) is 2. The molecule has 114 valence electrons. The average Bonchev–Trinajstić information content (AvgIpc) is 2.55. The first kappa shape index (κ1) is 14.6. The van der Waals surface area contributed by atoms with E-state index in [1.165, 1.54) is 17.5 Å². The van der Waals surface area contributed by atoms with Crippen molar-refractivity contribution in [1.29, 1.82) is 0 Å². The van der Waals surface area contributed by atoms with Gasteiger partial charge in [-0.3, -0.25) is 4.79 Å². The van der Waals surface area contributed by atoms with Crippen molar-refractivity contribution in [3.63, 3.8) is 0 Å². The largest absolute Gasteiger partial charge is 0.387 e. The number of hydrogen-bond acceptors (Lipinski definition) is 3. The molecule has 1 atom stereocenters. The van der Waals surface area contributed by atoms with Crippen LogP contribution in [0.5, 0.6) is 0 Å². The van der Waals surface area contributed by atoms with Gasteiger partial charge in [-0.15, -0.1) is 0 Å². The number of carbonyl (C=O) groups is 1. The molecule has 2 aromatic rings. The molecule has 1 amide bonds. The van der Waals surface area contributed by atoms with Crippen molar-refractivity contribution in [3.8, 4) is 0 Å². The van der Waals surface area contributed by atoms with Crippen molar-refractivity contribution < 1.29 is 9.90 Å². The van der Waals surface area contributed by atoms with Crippen LogP contribution in [0.15, 0.2) is 48.5 Å². The topological polar surface area (TPSA) is 61.4 Å². The Hall–Kier alpha value is -2.33. The summed E-state index contributed by atoms with van der Waals surface area (Å²) in [5, 5.41) is 15.0. The Morgan fingerprint density at radius 2 is 1.95 bits per heavy atom. The molecule has 3 N–H and O–H groups in total. The van der Waals surface area contributed by atoms with Crippen molar-refractivity contribution in [3.05, 3.63) is 59.7 Å². The summed E-state index contributed by atoms with van der Waals surface area (Å²) >= 11 is 0. The van der Waals surface area contributed by atoms with E-state index in [0.717, 1.165) is 18.5 Å². The molecule has 0 bridgehead atoms. The molecule has 1 aliphatic carbocycles. The molecule has 0 fully saturated rings. The molecule has 2 aromatic carbocycles. The quantitative estimate of drug-likeness (QED) is 0.812. The minimum absolute atomic E-state index is 0.300. The molecule has 0 aliphatic heterocycles. The number of rotatable bonds is 4. The first-order valence-electron chi connectivity index (χ1n) is 7.61. The normalized spacial score (nSPS) is 16.7.